The number of urea groups is 1. The number of amides is 4. The second kappa shape index (κ2) is 9.98. The highest BCUT2D eigenvalue weighted by molar-refractivity contribution is 9.10. The summed E-state index contributed by atoms with van der Waals surface area (Å²) in [5, 5.41) is 2.55. The van der Waals surface area contributed by atoms with Crippen molar-refractivity contribution in [3.8, 4) is 11.5 Å². The van der Waals surface area contributed by atoms with Gasteiger partial charge in [0, 0.05) is 9.50 Å². The van der Waals surface area contributed by atoms with Crippen LogP contribution in [0.25, 0.3) is 6.08 Å². The molecule has 31 heavy (non-hydrogen) atoms. The Morgan fingerprint density at radius 3 is 2.52 bits per heavy atom. The van der Waals surface area contributed by atoms with Gasteiger partial charge in [0.05, 0.1) is 18.9 Å². The maximum Gasteiger partial charge on any atom is 0.335 e. The van der Waals surface area contributed by atoms with Crippen molar-refractivity contribution < 1.29 is 23.9 Å². The largest absolute Gasteiger partial charge is 0.490 e. The predicted molar refractivity (Wildman–Crippen MR) is 122 cm³/mol. The van der Waals surface area contributed by atoms with Crippen LogP contribution in [0.2, 0.25) is 5.02 Å². The molecular formula is C22H20BrClN2O5. The molecule has 1 aliphatic rings. The van der Waals surface area contributed by atoms with E-state index in [0.29, 0.717) is 39.8 Å². The van der Waals surface area contributed by atoms with E-state index < -0.39 is 17.8 Å². The first-order chi connectivity index (χ1) is 14.8. The van der Waals surface area contributed by atoms with Gasteiger partial charge in [-0.1, -0.05) is 40.5 Å². The first kappa shape index (κ1) is 22.8. The third kappa shape index (κ3) is 5.08. The van der Waals surface area contributed by atoms with E-state index in [2.05, 4.69) is 21.2 Å². The Labute approximate surface area is 193 Å². The molecule has 0 bridgehead atoms. The monoisotopic (exact) mass is 506 g/mol. The molecule has 0 aliphatic carbocycles. The Morgan fingerprint density at radius 1 is 1.10 bits per heavy atom. The SMILES string of the molecule is CCCOc1cc(Br)c(/C=C2\C(=O)NC(=O)N(c3cccc(Cl)c3)C2=O)cc1OCC. The summed E-state index contributed by atoms with van der Waals surface area (Å²) in [5.74, 6) is -0.512. The number of carbonyl (C=O) groups excluding carboxylic acids is 3. The average Bonchev–Trinajstić information content (AvgIpc) is 2.72. The highest BCUT2D eigenvalue weighted by Gasteiger charge is 2.37. The number of imide groups is 2. The molecule has 162 valence electrons. The van der Waals surface area contributed by atoms with Crippen LogP contribution in [0.1, 0.15) is 25.8 Å². The van der Waals surface area contributed by atoms with E-state index in [9.17, 15) is 14.4 Å². The van der Waals surface area contributed by atoms with E-state index in [1.165, 1.54) is 12.1 Å². The lowest BCUT2D eigenvalue weighted by Crippen LogP contribution is -2.54. The van der Waals surface area contributed by atoms with Crippen molar-refractivity contribution >= 4 is 57.1 Å². The highest BCUT2D eigenvalue weighted by atomic mass is 79.9. The van der Waals surface area contributed by atoms with Gasteiger partial charge < -0.3 is 9.47 Å². The van der Waals surface area contributed by atoms with Crippen LogP contribution in [0.5, 0.6) is 11.5 Å². The van der Waals surface area contributed by atoms with Crippen LogP contribution >= 0.6 is 27.5 Å². The first-order valence-corrected chi connectivity index (χ1v) is 10.8. The number of rotatable bonds is 7. The highest BCUT2D eigenvalue weighted by Crippen LogP contribution is 2.35. The number of nitrogens with zero attached hydrogens (tertiary/aromatic N) is 1. The average molecular weight is 508 g/mol. The number of ether oxygens (including phenoxy) is 2. The molecule has 1 heterocycles. The van der Waals surface area contributed by atoms with Crippen LogP contribution in [0, 0.1) is 0 Å². The van der Waals surface area contributed by atoms with E-state index in [1.807, 2.05) is 13.8 Å². The summed E-state index contributed by atoms with van der Waals surface area (Å²) in [6, 6.07) is 8.80. The molecule has 0 radical (unpaired) electrons. The summed E-state index contributed by atoms with van der Waals surface area (Å²) < 4.78 is 12.0. The molecule has 2 aromatic rings. The van der Waals surface area contributed by atoms with Crippen LogP contribution in [-0.2, 0) is 9.59 Å². The minimum absolute atomic E-state index is 0.204. The minimum Gasteiger partial charge on any atom is -0.490 e. The standard InChI is InChI=1S/C22H20BrClN2O5/c1-3-8-31-19-12-17(23)13(10-18(19)30-4-2)9-16-20(27)25-22(29)26(21(16)28)15-7-5-6-14(24)11-15/h5-7,9-12H,3-4,8H2,1-2H3,(H,25,27,29)/b16-9+. The second-order valence-electron chi connectivity index (χ2n) is 6.54. The molecule has 2 aromatic carbocycles. The third-order valence-electron chi connectivity index (χ3n) is 4.29. The number of halogens is 2. The zero-order chi connectivity index (χ0) is 22.5. The number of barbiturate groups is 1. The summed E-state index contributed by atoms with van der Waals surface area (Å²) in [5.41, 5.74) is 0.571. The van der Waals surface area contributed by atoms with Gasteiger partial charge in [0.1, 0.15) is 5.57 Å². The molecule has 3 rings (SSSR count). The number of hydrogen-bond acceptors (Lipinski definition) is 5. The van der Waals surface area contributed by atoms with E-state index in [-0.39, 0.29) is 11.3 Å². The van der Waals surface area contributed by atoms with Gasteiger partial charge in [0.15, 0.2) is 11.5 Å². The van der Waals surface area contributed by atoms with Crippen molar-refractivity contribution in [1.29, 1.82) is 0 Å². The summed E-state index contributed by atoms with van der Waals surface area (Å²) in [7, 11) is 0. The van der Waals surface area contributed by atoms with Crippen molar-refractivity contribution in [1.82, 2.24) is 5.32 Å². The van der Waals surface area contributed by atoms with Gasteiger partial charge in [-0.3, -0.25) is 14.9 Å². The lowest BCUT2D eigenvalue weighted by Gasteiger charge is -2.26. The van der Waals surface area contributed by atoms with Crippen molar-refractivity contribution in [2.45, 2.75) is 20.3 Å². The summed E-state index contributed by atoms with van der Waals surface area (Å²) in [6.45, 7) is 4.77. The number of benzene rings is 2. The van der Waals surface area contributed by atoms with Crippen molar-refractivity contribution in [2.75, 3.05) is 18.1 Å². The molecule has 4 amide bonds. The number of nitrogens with one attached hydrogen (secondary N) is 1. The second-order valence-corrected chi connectivity index (χ2v) is 7.83. The van der Waals surface area contributed by atoms with E-state index in [4.69, 9.17) is 21.1 Å². The van der Waals surface area contributed by atoms with Gasteiger partial charge in [-0.05, 0) is 55.3 Å². The first-order valence-electron chi connectivity index (χ1n) is 9.61. The molecule has 0 unspecified atom stereocenters. The van der Waals surface area contributed by atoms with Gasteiger partial charge in [-0.25, -0.2) is 9.69 Å². The molecule has 1 saturated heterocycles. The maximum atomic E-state index is 13.1. The topological polar surface area (TPSA) is 84.9 Å². The molecule has 1 fully saturated rings. The van der Waals surface area contributed by atoms with Crippen molar-refractivity contribution in [3.63, 3.8) is 0 Å². The fourth-order valence-corrected chi connectivity index (χ4v) is 3.54. The summed E-state index contributed by atoms with van der Waals surface area (Å²) in [6.07, 6.45) is 2.23. The molecule has 0 spiro atoms. The van der Waals surface area contributed by atoms with E-state index in [0.717, 1.165) is 11.3 Å². The van der Waals surface area contributed by atoms with Crippen molar-refractivity contribution in [3.05, 3.63) is 57.0 Å². The van der Waals surface area contributed by atoms with Crippen molar-refractivity contribution in [2.24, 2.45) is 0 Å². The Balaban J connectivity index is 2.03. The molecular weight excluding hydrogens is 488 g/mol. The van der Waals surface area contributed by atoms with E-state index in [1.54, 1.807) is 30.3 Å². The number of carbonyl (C=O) groups is 3. The van der Waals surface area contributed by atoms with Gasteiger partial charge in [0.2, 0.25) is 0 Å². The predicted octanol–water partition coefficient (Wildman–Crippen LogP) is 4.96. The Hall–Kier alpha value is -2.84. The van der Waals surface area contributed by atoms with Gasteiger partial charge in [-0.2, -0.15) is 0 Å². The molecule has 1 aliphatic heterocycles. The third-order valence-corrected chi connectivity index (χ3v) is 5.21. The fraction of sp³-hybridized carbons (Fsp3) is 0.227. The maximum absolute atomic E-state index is 13.1. The Bertz CT molecular complexity index is 1070. The quantitative estimate of drug-likeness (QED) is 0.423. The molecule has 1 N–H and O–H groups in total. The Kier molecular flexibility index (Phi) is 7.35. The van der Waals surface area contributed by atoms with E-state index >= 15 is 0 Å². The lowest BCUT2D eigenvalue weighted by molar-refractivity contribution is -0.122. The smallest absolute Gasteiger partial charge is 0.335 e. The molecule has 0 aromatic heterocycles. The fourth-order valence-electron chi connectivity index (χ4n) is 2.92. The molecule has 0 atom stereocenters. The summed E-state index contributed by atoms with van der Waals surface area (Å²) in [4.78, 5) is 38.7. The van der Waals surface area contributed by atoms with Crippen LogP contribution in [0.15, 0.2) is 46.4 Å². The van der Waals surface area contributed by atoms with Crippen LogP contribution < -0.4 is 19.7 Å². The van der Waals surface area contributed by atoms with Crippen LogP contribution in [0.4, 0.5) is 10.5 Å². The molecule has 9 heteroatoms. The van der Waals surface area contributed by atoms with Crippen LogP contribution in [-0.4, -0.2) is 31.1 Å². The minimum atomic E-state index is -0.841. The van der Waals surface area contributed by atoms with Gasteiger partial charge in [0.25, 0.3) is 11.8 Å². The molecule has 0 saturated carbocycles. The zero-order valence-electron chi connectivity index (χ0n) is 16.9. The van der Waals surface area contributed by atoms with Crippen LogP contribution in [0.3, 0.4) is 0 Å². The number of anilines is 1. The Morgan fingerprint density at radius 2 is 1.84 bits per heavy atom. The lowest BCUT2D eigenvalue weighted by atomic mass is 10.1. The summed E-state index contributed by atoms with van der Waals surface area (Å²) >= 11 is 9.44. The van der Waals surface area contributed by atoms with Gasteiger partial charge >= 0.3 is 6.03 Å². The molecule has 7 nitrogen and oxygen atoms in total. The number of hydrogen-bond donors (Lipinski definition) is 1. The normalized spacial score (nSPS) is 15.3. The zero-order valence-corrected chi connectivity index (χ0v) is 19.2. The van der Waals surface area contributed by atoms with Gasteiger partial charge in [-0.15, -0.1) is 0 Å².